The second-order valence-electron chi connectivity index (χ2n) is 10.2. The lowest BCUT2D eigenvalue weighted by Crippen LogP contribution is -2.35. The fraction of sp³-hybridized carbons (Fsp3) is 0.481. The van der Waals surface area contributed by atoms with E-state index in [1.807, 2.05) is 6.92 Å². The number of hydrogen-bond donors (Lipinski definition) is 1. The van der Waals surface area contributed by atoms with E-state index in [0.717, 1.165) is 47.2 Å². The van der Waals surface area contributed by atoms with Crippen molar-refractivity contribution in [2.75, 3.05) is 0 Å². The molecule has 7 nitrogen and oxygen atoms in total. The molecule has 35 heavy (non-hydrogen) atoms. The van der Waals surface area contributed by atoms with Crippen LogP contribution in [0.2, 0.25) is 0 Å². The van der Waals surface area contributed by atoms with E-state index in [4.69, 9.17) is 0 Å². The average Bonchev–Trinajstić information content (AvgIpc) is 3.60. The van der Waals surface area contributed by atoms with Crippen molar-refractivity contribution in [1.29, 1.82) is 0 Å². The number of rotatable bonds is 8. The molecule has 1 saturated carbocycles. The number of aryl methyl sites for hydroxylation is 2. The van der Waals surface area contributed by atoms with Crippen LogP contribution in [0.3, 0.4) is 0 Å². The SMILES string of the molecule is Cc1ccc(C)c2[nH]c(=O)c(CN(Cc3cccs3)[C@H](c3nnnn3C3CCCC3)C(C)C)cc12. The third-order valence-electron chi connectivity index (χ3n) is 7.31. The summed E-state index contributed by atoms with van der Waals surface area (Å²) >= 11 is 1.74. The van der Waals surface area contributed by atoms with Gasteiger partial charge in [0, 0.05) is 28.9 Å². The highest BCUT2D eigenvalue weighted by molar-refractivity contribution is 7.09. The first-order valence-corrected chi connectivity index (χ1v) is 13.5. The topological polar surface area (TPSA) is 79.7 Å². The summed E-state index contributed by atoms with van der Waals surface area (Å²) in [6.45, 7) is 9.84. The van der Waals surface area contributed by atoms with Crippen molar-refractivity contribution in [3.05, 3.63) is 73.5 Å². The molecule has 0 aliphatic heterocycles. The Morgan fingerprint density at radius 2 is 1.91 bits per heavy atom. The van der Waals surface area contributed by atoms with Crippen molar-refractivity contribution >= 4 is 22.2 Å². The third-order valence-corrected chi connectivity index (χ3v) is 8.17. The second-order valence-corrected chi connectivity index (χ2v) is 11.2. The van der Waals surface area contributed by atoms with E-state index in [-0.39, 0.29) is 17.5 Å². The summed E-state index contributed by atoms with van der Waals surface area (Å²) in [6, 6.07) is 10.9. The number of tetrazole rings is 1. The van der Waals surface area contributed by atoms with Crippen LogP contribution in [0.1, 0.15) is 79.0 Å². The molecule has 184 valence electrons. The number of aromatic amines is 1. The Balaban J connectivity index is 1.57. The number of H-pyrrole nitrogens is 1. The molecule has 5 rings (SSSR count). The fourth-order valence-electron chi connectivity index (χ4n) is 5.50. The number of nitrogens with one attached hydrogen (secondary N) is 1. The van der Waals surface area contributed by atoms with Crippen molar-refractivity contribution < 1.29 is 0 Å². The summed E-state index contributed by atoms with van der Waals surface area (Å²) in [5, 5.41) is 16.3. The Hall–Kier alpha value is -2.84. The predicted molar refractivity (Wildman–Crippen MR) is 141 cm³/mol. The molecule has 1 N–H and O–H groups in total. The summed E-state index contributed by atoms with van der Waals surface area (Å²) in [5.74, 6) is 1.18. The van der Waals surface area contributed by atoms with Crippen molar-refractivity contribution in [3.8, 4) is 0 Å². The van der Waals surface area contributed by atoms with Gasteiger partial charge in [0.15, 0.2) is 5.82 Å². The van der Waals surface area contributed by atoms with Crippen LogP contribution < -0.4 is 5.56 Å². The Kier molecular flexibility index (Phi) is 6.84. The molecule has 1 atom stereocenters. The van der Waals surface area contributed by atoms with Gasteiger partial charge in [-0.25, -0.2) is 4.68 Å². The highest BCUT2D eigenvalue weighted by atomic mass is 32.1. The van der Waals surface area contributed by atoms with Gasteiger partial charge in [0.05, 0.1) is 17.6 Å². The zero-order chi connectivity index (χ0) is 24.5. The molecule has 1 fully saturated rings. The first-order chi connectivity index (χ1) is 16.9. The van der Waals surface area contributed by atoms with E-state index >= 15 is 0 Å². The molecule has 0 radical (unpaired) electrons. The molecule has 8 heteroatoms. The molecular weight excluding hydrogens is 456 g/mol. The average molecular weight is 491 g/mol. The minimum atomic E-state index is -0.0275. The predicted octanol–water partition coefficient (Wildman–Crippen LogP) is 5.71. The van der Waals surface area contributed by atoms with Crippen molar-refractivity contribution in [1.82, 2.24) is 30.1 Å². The minimum absolute atomic E-state index is 0.0126. The molecule has 1 aliphatic carbocycles. The zero-order valence-electron chi connectivity index (χ0n) is 21.0. The van der Waals surface area contributed by atoms with Gasteiger partial charge >= 0.3 is 0 Å². The number of thiophene rings is 1. The Morgan fingerprint density at radius 3 is 2.63 bits per heavy atom. The van der Waals surface area contributed by atoms with Crippen molar-refractivity contribution in [2.24, 2.45) is 5.92 Å². The fourth-order valence-corrected chi connectivity index (χ4v) is 6.23. The maximum Gasteiger partial charge on any atom is 0.252 e. The van der Waals surface area contributed by atoms with Crippen LogP contribution >= 0.6 is 11.3 Å². The van der Waals surface area contributed by atoms with Gasteiger partial charge in [-0.15, -0.1) is 16.4 Å². The number of benzene rings is 1. The minimum Gasteiger partial charge on any atom is -0.321 e. The molecule has 1 aromatic carbocycles. The highest BCUT2D eigenvalue weighted by Crippen LogP contribution is 2.35. The summed E-state index contributed by atoms with van der Waals surface area (Å²) < 4.78 is 2.07. The van der Waals surface area contributed by atoms with Gasteiger partial charge in [0.25, 0.3) is 5.56 Å². The largest absolute Gasteiger partial charge is 0.321 e. The van der Waals surface area contributed by atoms with Crippen LogP contribution in [-0.2, 0) is 13.1 Å². The van der Waals surface area contributed by atoms with Crippen molar-refractivity contribution in [2.45, 2.75) is 78.6 Å². The highest BCUT2D eigenvalue weighted by Gasteiger charge is 2.33. The molecule has 0 saturated heterocycles. The van der Waals surface area contributed by atoms with Gasteiger partial charge in [0.2, 0.25) is 0 Å². The third kappa shape index (κ3) is 4.82. The van der Waals surface area contributed by atoms with E-state index in [2.05, 4.69) is 86.6 Å². The first-order valence-electron chi connectivity index (χ1n) is 12.6. The molecule has 4 aromatic rings. The van der Waals surface area contributed by atoms with Crippen molar-refractivity contribution in [3.63, 3.8) is 0 Å². The smallest absolute Gasteiger partial charge is 0.252 e. The monoisotopic (exact) mass is 490 g/mol. The van der Waals surface area contributed by atoms with Gasteiger partial charge < -0.3 is 4.98 Å². The van der Waals surface area contributed by atoms with Crippen LogP contribution in [0, 0.1) is 19.8 Å². The molecule has 0 spiro atoms. The van der Waals surface area contributed by atoms with Crippen LogP contribution in [0.25, 0.3) is 10.9 Å². The lowest BCUT2D eigenvalue weighted by Gasteiger charge is -2.34. The number of pyridine rings is 1. The van der Waals surface area contributed by atoms with Gasteiger partial charge in [-0.05, 0) is 71.7 Å². The number of hydrogen-bond acceptors (Lipinski definition) is 6. The van der Waals surface area contributed by atoms with Crippen LogP contribution in [0.5, 0.6) is 0 Å². The molecule has 3 heterocycles. The second kappa shape index (κ2) is 10.0. The molecule has 3 aromatic heterocycles. The molecule has 1 aliphatic rings. The van der Waals surface area contributed by atoms with E-state index < -0.39 is 0 Å². The van der Waals surface area contributed by atoms with E-state index in [0.29, 0.717) is 12.6 Å². The lowest BCUT2D eigenvalue weighted by molar-refractivity contribution is 0.124. The van der Waals surface area contributed by atoms with Gasteiger partial charge in [-0.1, -0.05) is 44.9 Å². The Morgan fingerprint density at radius 1 is 1.14 bits per heavy atom. The maximum atomic E-state index is 13.3. The zero-order valence-corrected chi connectivity index (χ0v) is 21.8. The van der Waals surface area contributed by atoms with Gasteiger partial charge in [0.1, 0.15) is 0 Å². The molecule has 0 bridgehead atoms. The number of aromatic nitrogens is 5. The molecule has 0 amide bonds. The van der Waals surface area contributed by atoms with Gasteiger partial charge in [-0.2, -0.15) is 0 Å². The van der Waals surface area contributed by atoms with E-state index in [1.54, 1.807) is 11.3 Å². The summed E-state index contributed by atoms with van der Waals surface area (Å²) in [7, 11) is 0. The summed E-state index contributed by atoms with van der Waals surface area (Å²) in [4.78, 5) is 20.1. The Bertz CT molecular complexity index is 1350. The number of fused-ring (bicyclic) bond motifs is 1. The normalized spacial score (nSPS) is 15.6. The maximum absolute atomic E-state index is 13.3. The van der Waals surface area contributed by atoms with Crippen LogP contribution in [-0.4, -0.2) is 30.1 Å². The number of nitrogens with zero attached hydrogens (tertiary/aromatic N) is 5. The van der Waals surface area contributed by atoms with Crippen LogP contribution in [0.4, 0.5) is 0 Å². The lowest BCUT2D eigenvalue weighted by atomic mass is 9.99. The quantitative estimate of drug-likeness (QED) is 0.342. The van der Waals surface area contributed by atoms with Gasteiger partial charge in [-0.3, -0.25) is 9.69 Å². The molecule has 0 unspecified atom stereocenters. The van der Waals surface area contributed by atoms with E-state index in [1.165, 1.54) is 23.3 Å². The Labute approximate surface area is 210 Å². The molecular formula is C27H34N6OS. The summed E-state index contributed by atoms with van der Waals surface area (Å²) in [5.41, 5.74) is 3.92. The standard InChI is InChI=1S/C27H34N6OS/c1-17(2)25(26-29-30-31-33(26)21-8-5-6-9-21)32(16-22-10-7-13-35-22)15-20-14-23-18(3)11-12-19(4)24(23)28-27(20)34/h7,10-14,17,21,25H,5-6,8-9,15-16H2,1-4H3,(H,28,34)/t25-/m0/s1. The summed E-state index contributed by atoms with van der Waals surface area (Å²) in [6.07, 6.45) is 4.69. The van der Waals surface area contributed by atoms with E-state index in [9.17, 15) is 4.79 Å². The van der Waals surface area contributed by atoms with Crippen LogP contribution in [0.15, 0.2) is 40.5 Å². The first kappa shape index (κ1) is 23.9.